The maximum absolute atomic E-state index is 12.4. The molecule has 1 aliphatic rings. The normalized spacial score (nSPS) is 17.9. The van der Waals surface area contributed by atoms with E-state index in [2.05, 4.69) is 4.98 Å². The van der Waals surface area contributed by atoms with Gasteiger partial charge in [-0.3, -0.25) is 4.79 Å². The first-order valence-corrected chi connectivity index (χ1v) is 7.57. The van der Waals surface area contributed by atoms with Gasteiger partial charge in [-0.05, 0) is 45.6 Å². The zero-order chi connectivity index (χ0) is 15.4. The van der Waals surface area contributed by atoms with Gasteiger partial charge in [-0.15, -0.1) is 0 Å². The molecule has 5 heteroatoms. The molecule has 0 aliphatic carbocycles. The number of carbonyl (C=O) groups excluding carboxylic acids is 1. The predicted octanol–water partition coefficient (Wildman–Crippen LogP) is 2.10. The van der Waals surface area contributed by atoms with Gasteiger partial charge >= 0.3 is 0 Å². The number of aliphatic hydroxyl groups excluding tert-OH is 1. The minimum absolute atomic E-state index is 0.00244. The van der Waals surface area contributed by atoms with Crippen LogP contribution in [0.3, 0.4) is 0 Å². The molecule has 0 saturated carbocycles. The van der Waals surface area contributed by atoms with E-state index in [-0.39, 0.29) is 18.1 Å². The van der Waals surface area contributed by atoms with Crippen LogP contribution in [0.25, 0.3) is 0 Å². The van der Waals surface area contributed by atoms with Crippen LogP contribution in [0, 0.1) is 5.92 Å². The van der Waals surface area contributed by atoms with E-state index in [1.165, 1.54) is 0 Å². The Labute approximate surface area is 125 Å². The summed E-state index contributed by atoms with van der Waals surface area (Å²) < 4.78 is 5.47. The van der Waals surface area contributed by atoms with Crippen molar-refractivity contribution in [3.63, 3.8) is 0 Å². The van der Waals surface area contributed by atoms with Crippen LogP contribution in [0.1, 0.15) is 44.0 Å². The van der Waals surface area contributed by atoms with Gasteiger partial charge in [0.1, 0.15) is 0 Å². The van der Waals surface area contributed by atoms with E-state index >= 15 is 0 Å². The summed E-state index contributed by atoms with van der Waals surface area (Å²) in [7, 11) is 0. The molecule has 2 rings (SSSR count). The van der Waals surface area contributed by atoms with E-state index in [1.54, 1.807) is 18.3 Å². The van der Waals surface area contributed by atoms with Crippen molar-refractivity contribution in [1.82, 2.24) is 9.88 Å². The lowest BCUT2D eigenvalue weighted by atomic mass is 9.92. The number of likely N-dealkylation sites (tertiary alicyclic amines) is 1. The molecule has 1 aliphatic heterocycles. The van der Waals surface area contributed by atoms with E-state index in [0.717, 1.165) is 12.8 Å². The molecule has 116 valence electrons. The van der Waals surface area contributed by atoms with Crippen LogP contribution >= 0.6 is 0 Å². The van der Waals surface area contributed by atoms with Crippen molar-refractivity contribution < 1.29 is 14.6 Å². The maximum atomic E-state index is 12.4. The minimum Gasteiger partial charge on any atom is -0.475 e. The summed E-state index contributed by atoms with van der Waals surface area (Å²) in [6.07, 6.45) is 3.05. The second-order valence-electron chi connectivity index (χ2n) is 5.92. The number of rotatable bonds is 4. The third-order valence-electron chi connectivity index (χ3n) is 3.85. The van der Waals surface area contributed by atoms with Gasteiger partial charge in [0.2, 0.25) is 5.88 Å². The Morgan fingerprint density at radius 1 is 1.33 bits per heavy atom. The fourth-order valence-electron chi connectivity index (χ4n) is 2.59. The maximum Gasteiger partial charge on any atom is 0.255 e. The molecule has 5 nitrogen and oxygen atoms in total. The van der Waals surface area contributed by atoms with Gasteiger partial charge in [0.05, 0.1) is 17.8 Å². The Bertz CT molecular complexity index is 463. The van der Waals surface area contributed by atoms with E-state index in [4.69, 9.17) is 4.74 Å². The zero-order valence-corrected chi connectivity index (χ0v) is 13.0. The number of amides is 1. The first-order chi connectivity index (χ1) is 9.97. The highest BCUT2D eigenvalue weighted by molar-refractivity contribution is 5.94. The average molecular weight is 292 g/mol. The first kappa shape index (κ1) is 15.8. The Hall–Kier alpha value is -1.62. The van der Waals surface area contributed by atoms with Gasteiger partial charge in [-0.25, -0.2) is 4.98 Å². The molecule has 0 bridgehead atoms. The number of hydrogen-bond acceptors (Lipinski definition) is 4. The van der Waals surface area contributed by atoms with Crippen LogP contribution in [-0.4, -0.2) is 46.2 Å². The van der Waals surface area contributed by atoms with Crippen molar-refractivity contribution >= 4 is 5.91 Å². The smallest absolute Gasteiger partial charge is 0.255 e. The molecule has 0 spiro atoms. The predicted molar refractivity (Wildman–Crippen MR) is 80.3 cm³/mol. The molecule has 1 N–H and O–H groups in total. The van der Waals surface area contributed by atoms with Crippen molar-refractivity contribution in [3.8, 4) is 5.88 Å². The van der Waals surface area contributed by atoms with Gasteiger partial charge in [-0.2, -0.15) is 0 Å². The SMILES string of the molecule is CC(C)Oc1ccc(C(=O)N2CCC(C(C)O)CC2)cn1. The minimum atomic E-state index is -0.295. The van der Waals surface area contributed by atoms with Crippen molar-refractivity contribution in [2.75, 3.05) is 13.1 Å². The summed E-state index contributed by atoms with van der Waals surface area (Å²) in [5, 5.41) is 9.59. The molecule has 1 atom stereocenters. The number of carbonyl (C=O) groups is 1. The lowest BCUT2D eigenvalue weighted by Gasteiger charge is -2.33. The molecule has 21 heavy (non-hydrogen) atoms. The average Bonchev–Trinajstić information content (AvgIpc) is 2.47. The van der Waals surface area contributed by atoms with E-state index < -0.39 is 0 Å². The number of aliphatic hydroxyl groups is 1. The third-order valence-corrected chi connectivity index (χ3v) is 3.85. The third kappa shape index (κ3) is 4.17. The Morgan fingerprint density at radius 3 is 2.48 bits per heavy atom. The van der Waals surface area contributed by atoms with E-state index in [1.807, 2.05) is 25.7 Å². The number of piperidine rings is 1. The number of ether oxygens (including phenoxy) is 1. The zero-order valence-electron chi connectivity index (χ0n) is 13.0. The number of aromatic nitrogens is 1. The highest BCUT2D eigenvalue weighted by Crippen LogP contribution is 2.22. The number of nitrogens with zero attached hydrogens (tertiary/aromatic N) is 2. The molecule has 1 unspecified atom stereocenters. The fraction of sp³-hybridized carbons (Fsp3) is 0.625. The van der Waals surface area contributed by atoms with Crippen molar-refractivity contribution in [2.45, 2.75) is 45.8 Å². The molecular formula is C16H24N2O3. The van der Waals surface area contributed by atoms with Gasteiger partial charge < -0.3 is 14.7 Å². The molecule has 1 fully saturated rings. The molecule has 1 amide bonds. The van der Waals surface area contributed by atoms with Crippen LogP contribution in [-0.2, 0) is 0 Å². The molecule has 1 aromatic rings. The number of hydrogen-bond donors (Lipinski definition) is 1. The highest BCUT2D eigenvalue weighted by atomic mass is 16.5. The second kappa shape index (κ2) is 6.89. The van der Waals surface area contributed by atoms with Crippen molar-refractivity contribution in [2.24, 2.45) is 5.92 Å². The fourth-order valence-corrected chi connectivity index (χ4v) is 2.59. The summed E-state index contributed by atoms with van der Waals surface area (Å²) in [6.45, 7) is 7.08. The van der Waals surface area contributed by atoms with E-state index in [0.29, 0.717) is 30.5 Å². The van der Waals surface area contributed by atoms with Crippen molar-refractivity contribution in [1.29, 1.82) is 0 Å². The Balaban J connectivity index is 1.94. The highest BCUT2D eigenvalue weighted by Gasteiger charge is 2.26. The van der Waals surface area contributed by atoms with Gasteiger partial charge in [0, 0.05) is 25.4 Å². The van der Waals surface area contributed by atoms with E-state index in [9.17, 15) is 9.90 Å². The topological polar surface area (TPSA) is 62.7 Å². The summed E-state index contributed by atoms with van der Waals surface area (Å²) >= 11 is 0. The van der Waals surface area contributed by atoms with Crippen LogP contribution in [0.2, 0.25) is 0 Å². The van der Waals surface area contributed by atoms with Crippen LogP contribution < -0.4 is 4.74 Å². The molecule has 2 heterocycles. The first-order valence-electron chi connectivity index (χ1n) is 7.57. The van der Waals surface area contributed by atoms with Gasteiger partial charge in [0.15, 0.2) is 0 Å². The number of pyridine rings is 1. The molecule has 0 radical (unpaired) electrons. The van der Waals surface area contributed by atoms with Crippen LogP contribution in [0.15, 0.2) is 18.3 Å². The quantitative estimate of drug-likeness (QED) is 0.923. The summed E-state index contributed by atoms with van der Waals surface area (Å²) in [6, 6.07) is 3.49. The summed E-state index contributed by atoms with van der Waals surface area (Å²) in [5.41, 5.74) is 0.585. The lowest BCUT2D eigenvalue weighted by molar-refractivity contribution is 0.0521. The van der Waals surface area contributed by atoms with Crippen molar-refractivity contribution in [3.05, 3.63) is 23.9 Å². The lowest BCUT2D eigenvalue weighted by Crippen LogP contribution is -2.40. The largest absolute Gasteiger partial charge is 0.475 e. The summed E-state index contributed by atoms with van der Waals surface area (Å²) in [4.78, 5) is 18.4. The van der Waals surface area contributed by atoms with Gasteiger partial charge in [0.25, 0.3) is 5.91 Å². The molecule has 0 aromatic carbocycles. The van der Waals surface area contributed by atoms with Crippen LogP contribution in [0.4, 0.5) is 0 Å². The van der Waals surface area contributed by atoms with Crippen LogP contribution in [0.5, 0.6) is 5.88 Å². The molecule has 1 aromatic heterocycles. The second-order valence-corrected chi connectivity index (χ2v) is 5.92. The standard InChI is InChI=1S/C16H24N2O3/c1-11(2)21-15-5-4-14(10-17-15)16(20)18-8-6-13(7-9-18)12(3)19/h4-5,10-13,19H,6-9H2,1-3H3. The Morgan fingerprint density at radius 2 is 2.00 bits per heavy atom. The monoisotopic (exact) mass is 292 g/mol. The van der Waals surface area contributed by atoms with Gasteiger partial charge in [-0.1, -0.05) is 0 Å². The molecular weight excluding hydrogens is 268 g/mol. The summed E-state index contributed by atoms with van der Waals surface area (Å²) in [5.74, 6) is 0.839. The Kier molecular flexibility index (Phi) is 5.17. The molecule has 1 saturated heterocycles.